The smallest absolute Gasteiger partial charge is 0.668 e. The van der Waals surface area contributed by atoms with Crippen molar-refractivity contribution in [2.75, 3.05) is 13.1 Å². The van der Waals surface area contributed by atoms with Crippen molar-refractivity contribution in [3.05, 3.63) is 11.5 Å². The van der Waals surface area contributed by atoms with E-state index in [0.29, 0.717) is 0 Å². The molecule has 0 heterocycles. The van der Waals surface area contributed by atoms with Crippen LogP contribution in [0.1, 0.15) is 0 Å². The van der Waals surface area contributed by atoms with Crippen molar-refractivity contribution in [2.45, 2.75) is 0 Å². The summed E-state index contributed by atoms with van der Waals surface area (Å²) in [6.45, 7) is -1.06. The van der Waals surface area contributed by atoms with Crippen LogP contribution in [0.2, 0.25) is 0 Å². The fourth-order valence-electron chi connectivity index (χ4n) is 0. The van der Waals surface area contributed by atoms with E-state index in [-0.39, 0.29) is 23.1 Å². The van der Waals surface area contributed by atoms with E-state index in [1.54, 1.807) is 0 Å². The van der Waals surface area contributed by atoms with Gasteiger partial charge in [0.1, 0.15) is 0 Å². The van der Waals surface area contributed by atoms with Crippen molar-refractivity contribution in [1.82, 2.24) is 0 Å². The predicted octanol–water partition coefficient (Wildman–Crippen LogP) is -0.134. The number of aliphatic carboxylic acids is 2. The number of rotatable bonds is 2. The Morgan fingerprint density at radius 2 is 1.09 bits per heavy atom. The van der Waals surface area contributed by atoms with Crippen LogP contribution in [0.4, 0.5) is 0 Å². The average molecular weight is 172 g/mol. The molecule has 60 valence electrons. The first-order chi connectivity index (χ1) is 4.54. The maximum atomic E-state index is 9.18. The Hall–Kier alpha value is -0.374. The zero-order chi connectivity index (χ0) is 8.57. The summed E-state index contributed by atoms with van der Waals surface area (Å²) in [7, 11) is 0. The zero-order valence-electron chi connectivity index (χ0n) is 5.83. The molecule has 11 heavy (non-hydrogen) atoms. The van der Waals surface area contributed by atoms with Gasteiger partial charge in [-0.3, -0.25) is 9.59 Å². The van der Waals surface area contributed by atoms with E-state index in [4.69, 9.17) is 21.7 Å². The second-order valence-corrected chi connectivity index (χ2v) is 1.14. The van der Waals surface area contributed by atoms with E-state index < -0.39 is 25.0 Å². The third kappa shape index (κ3) is 42.6. The number of hydrogen-bond donors (Lipinski definition) is 2. The molecule has 4 N–H and O–H groups in total. The SMILES string of the molecule is [Mg+2].[NH-]CC(=O)O.[NH-]CC(=O)O. The van der Waals surface area contributed by atoms with Crippen LogP contribution in [-0.2, 0) is 9.59 Å². The first kappa shape index (κ1) is 16.9. The fourth-order valence-corrected chi connectivity index (χ4v) is 0. The molecule has 0 aromatic rings. The molecule has 0 fully saturated rings. The van der Waals surface area contributed by atoms with Crippen LogP contribution in [-0.4, -0.2) is 58.3 Å². The van der Waals surface area contributed by atoms with Gasteiger partial charge in [0.05, 0.1) is 0 Å². The normalized spacial score (nSPS) is 6.73. The van der Waals surface area contributed by atoms with Gasteiger partial charge in [-0.05, 0) is 0 Å². The van der Waals surface area contributed by atoms with Crippen LogP contribution < -0.4 is 0 Å². The Kier molecular flexibility index (Phi) is 19.0. The summed E-state index contributed by atoms with van der Waals surface area (Å²) < 4.78 is 0. The first-order valence-electron chi connectivity index (χ1n) is 2.27. The van der Waals surface area contributed by atoms with Gasteiger partial charge in [-0.15, -0.1) is 0 Å². The standard InChI is InChI=1S/2C2H4NO2.Mg/c2*3-1-2(4)5;/h2*3H,1H2,(H,4,5);/q2*-1;+2. The quantitative estimate of drug-likeness (QED) is 0.563. The minimum atomic E-state index is -1.08. The van der Waals surface area contributed by atoms with Gasteiger partial charge in [-0.1, -0.05) is 13.1 Å². The maximum Gasteiger partial charge on any atom is 2.00 e. The first-order valence-corrected chi connectivity index (χ1v) is 2.27. The number of carbonyl (C=O) groups is 2. The summed E-state index contributed by atoms with van der Waals surface area (Å²) in [6, 6.07) is 0. The average Bonchev–Trinajstić information content (AvgIpc) is 1.89. The van der Waals surface area contributed by atoms with Crippen molar-refractivity contribution in [3.8, 4) is 0 Å². The van der Waals surface area contributed by atoms with E-state index in [0.717, 1.165) is 0 Å². The van der Waals surface area contributed by atoms with Gasteiger partial charge in [0.2, 0.25) is 0 Å². The molecule has 0 aromatic carbocycles. The third-order valence-corrected chi connectivity index (χ3v) is 0.302. The van der Waals surface area contributed by atoms with Crippen LogP contribution in [0, 0.1) is 0 Å². The van der Waals surface area contributed by atoms with Gasteiger partial charge in [0.25, 0.3) is 11.9 Å². The van der Waals surface area contributed by atoms with Gasteiger partial charge < -0.3 is 21.7 Å². The van der Waals surface area contributed by atoms with Gasteiger partial charge in [0, 0.05) is 0 Å². The Morgan fingerprint density at radius 1 is 1.00 bits per heavy atom. The molecule has 0 atom stereocenters. The van der Waals surface area contributed by atoms with E-state index in [1.165, 1.54) is 0 Å². The van der Waals surface area contributed by atoms with E-state index in [1.807, 2.05) is 0 Å². The molecule has 0 amide bonds. The van der Waals surface area contributed by atoms with Crippen LogP contribution in [0.3, 0.4) is 0 Å². The van der Waals surface area contributed by atoms with Crippen molar-refractivity contribution in [1.29, 1.82) is 0 Å². The summed E-state index contributed by atoms with van der Waals surface area (Å²) in [5.41, 5.74) is 12.1. The second-order valence-electron chi connectivity index (χ2n) is 1.14. The summed E-state index contributed by atoms with van der Waals surface area (Å²) in [5.74, 6) is -2.16. The largest absolute Gasteiger partial charge is 2.00 e. The maximum absolute atomic E-state index is 9.18. The molecule has 0 saturated carbocycles. The summed E-state index contributed by atoms with van der Waals surface area (Å²) >= 11 is 0. The summed E-state index contributed by atoms with van der Waals surface area (Å²) in [4.78, 5) is 18.4. The molecule has 0 aliphatic heterocycles. The number of carboxylic acids is 2. The van der Waals surface area contributed by atoms with Crippen molar-refractivity contribution in [2.24, 2.45) is 0 Å². The van der Waals surface area contributed by atoms with Crippen molar-refractivity contribution >= 4 is 35.0 Å². The van der Waals surface area contributed by atoms with Crippen molar-refractivity contribution < 1.29 is 19.8 Å². The monoisotopic (exact) mass is 172 g/mol. The molecule has 0 bridgehead atoms. The molecule has 7 heteroatoms. The molecule has 0 aliphatic carbocycles. The minimum Gasteiger partial charge on any atom is -0.668 e. The molecule has 0 spiro atoms. The van der Waals surface area contributed by atoms with Gasteiger partial charge >= 0.3 is 23.1 Å². The second kappa shape index (κ2) is 12.3. The number of hydrogen-bond acceptors (Lipinski definition) is 2. The van der Waals surface area contributed by atoms with Crippen LogP contribution in [0.5, 0.6) is 0 Å². The van der Waals surface area contributed by atoms with Gasteiger partial charge in [-0.2, -0.15) is 0 Å². The zero-order valence-corrected chi connectivity index (χ0v) is 7.25. The minimum absolute atomic E-state index is 0. The van der Waals surface area contributed by atoms with Gasteiger partial charge in [-0.25, -0.2) is 0 Å². The summed E-state index contributed by atoms with van der Waals surface area (Å²) in [6.07, 6.45) is 0. The van der Waals surface area contributed by atoms with Crippen LogP contribution in [0.15, 0.2) is 0 Å². The molecule has 0 rings (SSSR count). The number of carboxylic acid groups (broad SMARTS) is 2. The summed E-state index contributed by atoms with van der Waals surface area (Å²) in [5, 5.41) is 15.1. The Balaban J connectivity index is -0.000000107. The Labute approximate surface area is 79.7 Å². The third-order valence-electron chi connectivity index (χ3n) is 0.302. The van der Waals surface area contributed by atoms with Gasteiger partial charge in [0.15, 0.2) is 0 Å². The van der Waals surface area contributed by atoms with E-state index >= 15 is 0 Å². The predicted molar refractivity (Wildman–Crippen MR) is 39.4 cm³/mol. The number of nitrogens with one attached hydrogen (secondary N) is 2. The molecular formula is C4H8MgN2O4. The van der Waals surface area contributed by atoms with Crippen LogP contribution >= 0.6 is 0 Å². The molecule has 6 nitrogen and oxygen atoms in total. The Bertz CT molecular complexity index is 105. The molecule has 0 unspecified atom stereocenters. The van der Waals surface area contributed by atoms with E-state index in [9.17, 15) is 9.59 Å². The Morgan fingerprint density at radius 3 is 1.09 bits per heavy atom. The fraction of sp³-hybridized carbons (Fsp3) is 0.500. The molecule has 0 aliphatic rings. The van der Waals surface area contributed by atoms with Crippen molar-refractivity contribution in [3.63, 3.8) is 0 Å². The van der Waals surface area contributed by atoms with E-state index in [2.05, 4.69) is 0 Å². The topological polar surface area (TPSA) is 122 Å². The molecule has 0 radical (unpaired) electrons. The van der Waals surface area contributed by atoms with Crippen LogP contribution in [0.25, 0.3) is 11.5 Å². The molecule has 0 aromatic heterocycles. The molecule has 0 saturated heterocycles. The molecular weight excluding hydrogens is 164 g/mol.